The Morgan fingerprint density at radius 2 is 2.15 bits per heavy atom. The SMILES string of the molecule is COc1cccc(N2C(=O)CN(CC3CC3)CC2C)c1. The van der Waals surface area contributed by atoms with Gasteiger partial charge in [-0.2, -0.15) is 0 Å². The predicted molar refractivity (Wildman–Crippen MR) is 79.1 cm³/mol. The fraction of sp³-hybridized carbons (Fsp3) is 0.562. The lowest BCUT2D eigenvalue weighted by Gasteiger charge is -2.39. The highest BCUT2D eigenvalue weighted by molar-refractivity contribution is 5.96. The van der Waals surface area contributed by atoms with Crippen molar-refractivity contribution in [3.05, 3.63) is 24.3 Å². The summed E-state index contributed by atoms with van der Waals surface area (Å²) >= 11 is 0. The summed E-state index contributed by atoms with van der Waals surface area (Å²) in [5.74, 6) is 1.82. The van der Waals surface area contributed by atoms with Gasteiger partial charge in [-0.25, -0.2) is 0 Å². The molecule has 4 heteroatoms. The molecule has 2 fully saturated rings. The fourth-order valence-corrected chi connectivity index (χ4v) is 3.00. The smallest absolute Gasteiger partial charge is 0.241 e. The van der Waals surface area contributed by atoms with Gasteiger partial charge in [-0.05, 0) is 37.8 Å². The van der Waals surface area contributed by atoms with E-state index in [0.717, 1.165) is 30.4 Å². The lowest BCUT2D eigenvalue weighted by atomic mass is 10.1. The second-order valence-electron chi connectivity index (χ2n) is 5.95. The van der Waals surface area contributed by atoms with E-state index in [4.69, 9.17) is 4.74 Å². The summed E-state index contributed by atoms with van der Waals surface area (Å²) in [5, 5.41) is 0. The Kier molecular flexibility index (Phi) is 3.66. The molecule has 20 heavy (non-hydrogen) atoms. The Bertz CT molecular complexity index is 499. The second kappa shape index (κ2) is 5.44. The molecule has 4 nitrogen and oxygen atoms in total. The van der Waals surface area contributed by atoms with Crippen molar-refractivity contribution < 1.29 is 9.53 Å². The minimum Gasteiger partial charge on any atom is -0.497 e. The molecule has 0 spiro atoms. The van der Waals surface area contributed by atoms with E-state index in [9.17, 15) is 4.79 Å². The largest absolute Gasteiger partial charge is 0.497 e. The molecular formula is C16H22N2O2. The van der Waals surface area contributed by atoms with Crippen LogP contribution in [0.1, 0.15) is 19.8 Å². The van der Waals surface area contributed by atoms with E-state index < -0.39 is 0 Å². The number of carbonyl (C=O) groups is 1. The number of ether oxygens (including phenoxy) is 1. The number of amides is 1. The standard InChI is InChI=1S/C16H22N2O2/c1-12-9-17(10-13-6-7-13)11-16(19)18(12)14-4-3-5-15(8-14)20-2/h3-5,8,12-13H,6-7,9-11H2,1-2H3. The van der Waals surface area contributed by atoms with Gasteiger partial charge in [-0.15, -0.1) is 0 Å². The lowest BCUT2D eigenvalue weighted by Crippen LogP contribution is -2.55. The first-order chi connectivity index (χ1) is 9.67. The summed E-state index contributed by atoms with van der Waals surface area (Å²) in [5.41, 5.74) is 0.938. The minimum absolute atomic E-state index is 0.192. The van der Waals surface area contributed by atoms with Crippen molar-refractivity contribution in [3.8, 4) is 5.75 Å². The number of hydrogen-bond acceptors (Lipinski definition) is 3. The van der Waals surface area contributed by atoms with Crippen molar-refractivity contribution in [1.29, 1.82) is 0 Å². The highest BCUT2D eigenvalue weighted by Crippen LogP contribution is 2.31. The molecule has 0 bridgehead atoms. The van der Waals surface area contributed by atoms with E-state index in [1.54, 1.807) is 7.11 Å². The molecule has 1 saturated carbocycles. The maximum absolute atomic E-state index is 12.5. The third kappa shape index (κ3) is 2.80. The van der Waals surface area contributed by atoms with Gasteiger partial charge in [0.15, 0.2) is 0 Å². The third-order valence-corrected chi connectivity index (χ3v) is 4.14. The van der Waals surface area contributed by atoms with Crippen LogP contribution in [0.4, 0.5) is 5.69 Å². The monoisotopic (exact) mass is 274 g/mol. The van der Waals surface area contributed by atoms with Gasteiger partial charge in [0.25, 0.3) is 0 Å². The van der Waals surface area contributed by atoms with Crippen LogP contribution in [0.5, 0.6) is 5.75 Å². The topological polar surface area (TPSA) is 32.8 Å². The van der Waals surface area contributed by atoms with E-state index in [1.807, 2.05) is 29.2 Å². The van der Waals surface area contributed by atoms with Gasteiger partial charge in [0, 0.05) is 30.9 Å². The molecule has 3 rings (SSSR count). The molecular weight excluding hydrogens is 252 g/mol. The predicted octanol–water partition coefficient (Wildman–Crippen LogP) is 2.14. The maximum Gasteiger partial charge on any atom is 0.241 e. The Morgan fingerprint density at radius 1 is 1.35 bits per heavy atom. The molecule has 0 aromatic heterocycles. The number of methoxy groups -OCH3 is 1. The first-order valence-electron chi connectivity index (χ1n) is 7.36. The highest BCUT2D eigenvalue weighted by atomic mass is 16.5. The summed E-state index contributed by atoms with van der Waals surface area (Å²) in [4.78, 5) is 16.7. The summed E-state index contributed by atoms with van der Waals surface area (Å²) in [6.45, 7) is 4.70. The van der Waals surface area contributed by atoms with Gasteiger partial charge in [-0.3, -0.25) is 9.69 Å². The molecule has 1 amide bonds. The summed E-state index contributed by atoms with van der Waals surface area (Å²) < 4.78 is 5.25. The summed E-state index contributed by atoms with van der Waals surface area (Å²) in [6.07, 6.45) is 2.66. The van der Waals surface area contributed by atoms with Crippen molar-refractivity contribution >= 4 is 11.6 Å². The van der Waals surface area contributed by atoms with Crippen LogP contribution in [0, 0.1) is 5.92 Å². The molecule has 2 aliphatic rings. The van der Waals surface area contributed by atoms with Gasteiger partial charge >= 0.3 is 0 Å². The van der Waals surface area contributed by atoms with Gasteiger partial charge in [-0.1, -0.05) is 6.07 Å². The average molecular weight is 274 g/mol. The molecule has 1 saturated heterocycles. The molecule has 1 aromatic rings. The van der Waals surface area contributed by atoms with Crippen molar-refractivity contribution in [3.63, 3.8) is 0 Å². The zero-order valence-electron chi connectivity index (χ0n) is 12.2. The van der Waals surface area contributed by atoms with Crippen molar-refractivity contribution in [2.75, 3.05) is 31.6 Å². The van der Waals surface area contributed by atoms with Crippen molar-refractivity contribution in [1.82, 2.24) is 4.90 Å². The molecule has 1 aromatic carbocycles. The number of benzene rings is 1. The van der Waals surface area contributed by atoms with Crippen LogP contribution < -0.4 is 9.64 Å². The van der Waals surface area contributed by atoms with Gasteiger partial charge < -0.3 is 9.64 Å². The third-order valence-electron chi connectivity index (χ3n) is 4.14. The Morgan fingerprint density at radius 3 is 2.80 bits per heavy atom. The van der Waals surface area contributed by atoms with Crippen LogP contribution in [0.25, 0.3) is 0 Å². The van der Waals surface area contributed by atoms with E-state index in [0.29, 0.717) is 6.54 Å². The van der Waals surface area contributed by atoms with Gasteiger partial charge in [0.05, 0.1) is 13.7 Å². The van der Waals surface area contributed by atoms with E-state index in [1.165, 1.54) is 12.8 Å². The molecule has 108 valence electrons. The Labute approximate surface area is 120 Å². The average Bonchev–Trinajstić information content (AvgIpc) is 3.22. The highest BCUT2D eigenvalue weighted by Gasteiger charge is 2.33. The number of piperazine rings is 1. The molecule has 1 aliphatic carbocycles. The molecule has 0 radical (unpaired) electrons. The van der Waals surface area contributed by atoms with Gasteiger partial charge in [0.2, 0.25) is 5.91 Å². The summed E-state index contributed by atoms with van der Waals surface area (Å²) in [7, 11) is 1.65. The number of anilines is 1. The number of carbonyl (C=O) groups excluding carboxylic acids is 1. The fourth-order valence-electron chi connectivity index (χ4n) is 3.00. The van der Waals surface area contributed by atoms with E-state index >= 15 is 0 Å². The normalized spacial score (nSPS) is 24.0. The first kappa shape index (κ1) is 13.4. The zero-order valence-corrected chi connectivity index (χ0v) is 12.2. The molecule has 1 heterocycles. The number of rotatable bonds is 4. The van der Waals surface area contributed by atoms with E-state index in [-0.39, 0.29) is 11.9 Å². The van der Waals surface area contributed by atoms with Crippen LogP contribution in [0.15, 0.2) is 24.3 Å². The van der Waals surface area contributed by atoms with Crippen molar-refractivity contribution in [2.45, 2.75) is 25.8 Å². The quantitative estimate of drug-likeness (QED) is 0.843. The van der Waals surface area contributed by atoms with Crippen LogP contribution in [-0.4, -0.2) is 43.6 Å². The first-order valence-corrected chi connectivity index (χ1v) is 7.36. The number of nitrogens with zero attached hydrogens (tertiary/aromatic N) is 2. The van der Waals surface area contributed by atoms with Crippen LogP contribution >= 0.6 is 0 Å². The maximum atomic E-state index is 12.5. The second-order valence-corrected chi connectivity index (χ2v) is 5.95. The lowest BCUT2D eigenvalue weighted by molar-refractivity contribution is -0.122. The van der Waals surface area contributed by atoms with Crippen LogP contribution in [0.2, 0.25) is 0 Å². The minimum atomic E-state index is 0.192. The van der Waals surface area contributed by atoms with Crippen LogP contribution in [0.3, 0.4) is 0 Å². The zero-order chi connectivity index (χ0) is 14.1. The molecule has 1 atom stereocenters. The molecule has 0 N–H and O–H groups in total. The molecule has 1 aliphatic heterocycles. The Hall–Kier alpha value is -1.55. The number of hydrogen-bond donors (Lipinski definition) is 0. The Balaban J connectivity index is 1.74. The summed E-state index contributed by atoms with van der Waals surface area (Å²) in [6, 6.07) is 7.97. The van der Waals surface area contributed by atoms with Crippen molar-refractivity contribution in [2.24, 2.45) is 5.92 Å². The molecule has 1 unspecified atom stereocenters. The van der Waals surface area contributed by atoms with Gasteiger partial charge in [0.1, 0.15) is 5.75 Å². The van der Waals surface area contributed by atoms with Crippen LogP contribution in [-0.2, 0) is 4.79 Å². The van der Waals surface area contributed by atoms with E-state index in [2.05, 4.69) is 11.8 Å².